The zero-order valence-corrected chi connectivity index (χ0v) is 17.9. The fraction of sp³-hybridized carbons (Fsp3) is 0.708. The zero-order valence-electron chi connectivity index (χ0n) is 17.9. The molecule has 2 atom stereocenters. The molecule has 0 aromatic carbocycles. The fourth-order valence-corrected chi connectivity index (χ4v) is 5.19. The van der Waals surface area contributed by atoms with Gasteiger partial charge in [0.05, 0.1) is 5.69 Å². The number of Topliss-reactive ketones (excluding diaryl/α,β-unsaturated/α-hetero) is 1. The molecule has 1 aromatic heterocycles. The Balaban J connectivity index is 1.57. The molecule has 0 amide bonds. The van der Waals surface area contributed by atoms with Crippen molar-refractivity contribution in [2.75, 3.05) is 19.6 Å². The monoisotopic (exact) mass is 383 g/mol. The minimum Gasteiger partial charge on any atom is -0.303 e. The quantitative estimate of drug-likeness (QED) is 0.606. The summed E-state index contributed by atoms with van der Waals surface area (Å²) in [5, 5.41) is 0. The van der Waals surface area contributed by atoms with E-state index in [1.807, 2.05) is 12.3 Å². The van der Waals surface area contributed by atoms with Crippen LogP contribution in [-0.4, -0.2) is 40.3 Å². The van der Waals surface area contributed by atoms with E-state index in [2.05, 4.69) is 30.3 Å². The number of likely N-dealkylation sites (tertiary alicyclic amines) is 1. The topological polar surface area (TPSA) is 46.1 Å². The van der Waals surface area contributed by atoms with Gasteiger partial charge in [-0.25, -0.2) is 9.97 Å². The minimum atomic E-state index is -0.242. The van der Waals surface area contributed by atoms with Crippen molar-refractivity contribution in [1.29, 1.82) is 0 Å². The Morgan fingerprint density at radius 3 is 2.82 bits per heavy atom. The van der Waals surface area contributed by atoms with Crippen molar-refractivity contribution in [2.24, 2.45) is 11.3 Å². The third-order valence-corrected chi connectivity index (χ3v) is 6.66. The molecule has 1 aliphatic heterocycles. The summed E-state index contributed by atoms with van der Waals surface area (Å²) in [5.74, 6) is 1.76. The van der Waals surface area contributed by atoms with Crippen molar-refractivity contribution in [2.45, 2.75) is 78.1 Å². The van der Waals surface area contributed by atoms with E-state index in [1.165, 1.54) is 37.9 Å². The largest absolute Gasteiger partial charge is 0.303 e. The van der Waals surface area contributed by atoms with Crippen LogP contribution in [0.15, 0.2) is 24.4 Å². The molecule has 0 bridgehead atoms. The average Bonchev–Trinajstić information content (AvgIpc) is 2.68. The van der Waals surface area contributed by atoms with Crippen LogP contribution in [0.5, 0.6) is 0 Å². The number of carbonyl (C=O) groups is 1. The number of allylic oxidation sites excluding steroid dienone is 1. The van der Waals surface area contributed by atoms with E-state index >= 15 is 0 Å². The molecule has 1 aliphatic carbocycles. The molecule has 1 saturated heterocycles. The van der Waals surface area contributed by atoms with E-state index in [9.17, 15) is 4.79 Å². The Bertz CT molecular complexity index is 680. The first-order valence-electron chi connectivity index (χ1n) is 11.2. The van der Waals surface area contributed by atoms with E-state index in [-0.39, 0.29) is 5.41 Å². The lowest BCUT2D eigenvalue weighted by Crippen LogP contribution is -2.37. The standard InChI is InChI=1S/C24H37N3O/c1-4-24(17-19(2)15-20(3)18-24)22(28)16-21-10-11-25-23(26-21)9-8-14-27-12-6-5-7-13-27/h10-11,20H,2,4-9,12-18H2,1,3H3. The van der Waals surface area contributed by atoms with Gasteiger partial charge in [0.1, 0.15) is 11.6 Å². The Kier molecular flexibility index (Phi) is 7.39. The smallest absolute Gasteiger partial charge is 0.145 e. The average molecular weight is 384 g/mol. The summed E-state index contributed by atoms with van der Waals surface area (Å²) in [6, 6.07) is 1.91. The van der Waals surface area contributed by atoms with Crippen LogP contribution in [0, 0.1) is 11.3 Å². The number of rotatable bonds is 8. The van der Waals surface area contributed by atoms with Crippen molar-refractivity contribution in [3.05, 3.63) is 35.9 Å². The molecule has 0 radical (unpaired) electrons. The predicted molar refractivity (Wildman–Crippen MR) is 114 cm³/mol. The molecule has 0 spiro atoms. The molecule has 1 aromatic rings. The molecule has 2 unspecified atom stereocenters. The molecular weight excluding hydrogens is 346 g/mol. The van der Waals surface area contributed by atoms with Crippen LogP contribution in [0.2, 0.25) is 0 Å². The highest BCUT2D eigenvalue weighted by atomic mass is 16.1. The van der Waals surface area contributed by atoms with Gasteiger partial charge in [-0.05, 0) is 76.6 Å². The number of aromatic nitrogens is 2. The summed E-state index contributed by atoms with van der Waals surface area (Å²) in [6.45, 7) is 12.2. The first kappa shape index (κ1) is 21.2. The van der Waals surface area contributed by atoms with Gasteiger partial charge in [-0.3, -0.25) is 4.79 Å². The lowest BCUT2D eigenvalue weighted by Gasteiger charge is -2.39. The second-order valence-corrected chi connectivity index (χ2v) is 9.14. The van der Waals surface area contributed by atoms with Crippen molar-refractivity contribution in [3.63, 3.8) is 0 Å². The highest BCUT2D eigenvalue weighted by molar-refractivity contribution is 5.87. The normalized spacial score (nSPS) is 26.4. The van der Waals surface area contributed by atoms with Crippen molar-refractivity contribution < 1.29 is 4.79 Å². The zero-order chi connectivity index (χ0) is 20.0. The summed E-state index contributed by atoms with van der Waals surface area (Å²) in [7, 11) is 0. The van der Waals surface area contributed by atoms with Crippen molar-refractivity contribution >= 4 is 5.78 Å². The summed E-state index contributed by atoms with van der Waals surface area (Å²) >= 11 is 0. The number of hydrogen-bond acceptors (Lipinski definition) is 4. The first-order chi connectivity index (χ1) is 13.5. The lowest BCUT2D eigenvalue weighted by atomic mass is 9.64. The van der Waals surface area contributed by atoms with E-state index in [0.717, 1.165) is 56.6 Å². The van der Waals surface area contributed by atoms with Gasteiger partial charge < -0.3 is 4.90 Å². The maximum absolute atomic E-state index is 13.2. The van der Waals surface area contributed by atoms with Crippen LogP contribution < -0.4 is 0 Å². The molecule has 2 heterocycles. The molecule has 3 rings (SSSR count). The Hall–Kier alpha value is -1.55. The molecular formula is C24H37N3O. The molecule has 28 heavy (non-hydrogen) atoms. The molecule has 4 nitrogen and oxygen atoms in total. The fourth-order valence-electron chi connectivity index (χ4n) is 5.19. The van der Waals surface area contributed by atoms with E-state index in [4.69, 9.17) is 4.98 Å². The van der Waals surface area contributed by atoms with Gasteiger partial charge in [0.25, 0.3) is 0 Å². The molecule has 2 fully saturated rings. The highest BCUT2D eigenvalue weighted by Crippen LogP contribution is 2.45. The molecule has 0 N–H and O–H groups in total. The van der Waals surface area contributed by atoms with E-state index < -0.39 is 0 Å². The maximum atomic E-state index is 13.2. The minimum absolute atomic E-state index is 0.242. The highest BCUT2D eigenvalue weighted by Gasteiger charge is 2.40. The molecule has 4 heteroatoms. The van der Waals surface area contributed by atoms with Crippen LogP contribution >= 0.6 is 0 Å². The first-order valence-corrected chi connectivity index (χ1v) is 11.2. The summed E-state index contributed by atoms with van der Waals surface area (Å²) in [6.07, 6.45) is 12.1. The Morgan fingerprint density at radius 1 is 1.32 bits per heavy atom. The van der Waals surface area contributed by atoms with E-state index in [1.54, 1.807) is 0 Å². The summed E-state index contributed by atoms with van der Waals surface area (Å²) in [4.78, 5) is 25.0. The number of nitrogens with zero attached hydrogens (tertiary/aromatic N) is 3. The SMILES string of the molecule is C=C1CC(C)CC(CC)(C(=O)Cc2ccnc(CCCN3CCCCC3)n2)C1. The molecule has 1 saturated carbocycles. The van der Waals surface area contributed by atoms with Gasteiger partial charge in [0.2, 0.25) is 0 Å². The van der Waals surface area contributed by atoms with Gasteiger partial charge in [0, 0.05) is 24.5 Å². The van der Waals surface area contributed by atoms with Crippen LogP contribution in [0.25, 0.3) is 0 Å². The predicted octanol–water partition coefficient (Wildman–Crippen LogP) is 4.78. The lowest BCUT2D eigenvalue weighted by molar-refractivity contribution is -0.130. The van der Waals surface area contributed by atoms with Gasteiger partial charge in [0.15, 0.2) is 0 Å². The van der Waals surface area contributed by atoms with Crippen LogP contribution in [0.1, 0.15) is 76.7 Å². The number of piperidine rings is 1. The van der Waals surface area contributed by atoms with Crippen LogP contribution in [-0.2, 0) is 17.6 Å². The maximum Gasteiger partial charge on any atom is 0.145 e. The number of carbonyl (C=O) groups excluding carboxylic acids is 1. The third-order valence-electron chi connectivity index (χ3n) is 6.66. The Labute approximate surface area is 170 Å². The van der Waals surface area contributed by atoms with E-state index in [0.29, 0.717) is 18.1 Å². The van der Waals surface area contributed by atoms with Gasteiger partial charge in [-0.2, -0.15) is 0 Å². The van der Waals surface area contributed by atoms with Crippen LogP contribution in [0.4, 0.5) is 0 Å². The Morgan fingerprint density at radius 2 is 2.11 bits per heavy atom. The second-order valence-electron chi connectivity index (χ2n) is 9.14. The number of aryl methyl sites for hydroxylation is 1. The van der Waals surface area contributed by atoms with Crippen LogP contribution in [0.3, 0.4) is 0 Å². The number of ketones is 1. The summed E-state index contributed by atoms with van der Waals surface area (Å²) in [5.41, 5.74) is 1.87. The second kappa shape index (κ2) is 9.78. The molecule has 2 aliphatic rings. The van der Waals surface area contributed by atoms with Crippen molar-refractivity contribution in [1.82, 2.24) is 14.9 Å². The van der Waals surface area contributed by atoms with Gasteiger partial charge >= 0.3 is 0 Å². The molecule has 154 valence electrons. The van der Waals surface area contributed by atoms with Gasteiger partial charge in [-0.1, -0.05) is 32.4 Å². The third kappa shape index (κ3) is 5.50. The number of hydrogen-bond donors (Lipinski definition) is 0. The van der Waals surface area contributed by atoms with Gasteiger partial charge in [-0.15, -0.1) is 0 Å². The summed E-state index contributed by atoms with van der Waals surface area (Å²) < 4.78 is 0. The van der Waals surface area contributed by atoms with Crippen molar-refractivity contribution in [3.8, 4) is 0 Å².